The van der Waals surface area contributed by atoms with Crippen LogP contribution in [0.4, 0.5) is 10.5 Å². The normalized spacial score (nSPS) is 17.4. The van der Waals surface area contributed by atoms with Gasteiger partial charge in [0, 0.05) is 28.8 Å². The Morgan fingerprint density at radius 3 is 2.65 bits per heavy atom. The SMILES string of the molecule is O=C(NCCSC1CCCC1)Nc1ccc(-c2nnnn2C2CC2)cc1. The van der Waals surface area contributed by atoms with Gasteiger partial charge in [0.05, 0.1) is 6.04 Å². The monoisotopic (exact) mass is 372 g/mol. The molecule has 7 nitrogen and oxygen atoms in total. The Balaban J connectivity index is 1.24. The molecule has 0 radical (unpaired) electrons. The third kappa shape index (κ3) is 4.35. The molecule has 4 rings (SSSR count). The number of hydrogen-bond donors (Lipinski definition) is 2. The molecule has 0 atom stereocenters. The summed E-state index contributed by atoms with van der Waals surface area (Å²) in [7, 11) is 0. The maximum absolute atomic E-state index is 12.0. The van der Waals surface area contributed by atoms with Gasteiger partial charge in [0.1, 0.15) is 0 Å². The Kier molecular flexibility index (Phi) is 5.38. The summed E-state index contributed by atoms with van der Waals surface area (Å²) in [6.45, 7) is 0.696. The molecule has 2 amide bonds. The molecule has 138 valence electrons. The van der Waals surface area contributed by atoms with Crippen molar-refractivity contribution in [1.82, 2.24) is 25.5 Å². The second-order valence-electron chi connectivity index (χ2n) is 6.91. The van der Waals surface area contributed by atoms with Crippen LogP contribution >= 0.6 is 11.8 Å². The van der Waals surface area contributed by atoms with Gasteiger partial charge in [-0.15, -0.1) is 5.10 Å². The lowest BCUT2D eigenvalue weighted by molar-refractivity contribution is 0.252. The highest BCUT2D eigenvalue weighted by atomic mass is 32.2. The van der Waals surface area contributed by atoms with Crippen molar-refractivity contribution < 1.29 is 4.79 Å². The summed E-state index contributed by atoms with van der Waals surface area (Å²) in [5.74, 6) is 1.76. The Bertz CT molecular complexity index is 736. The Labute approximate surface area is 157 Å². The molecule has 1 heterocycles. The summed E-state index contributed by atoms with van der Waals surface area (Å²) in [6, 6.07) is 7.92. The number of amides is 2. The summed E-state index contributed by atoms with van der Waals surface area (Å²) in [4.78, 5) is 12.0. The molecule has 0 unspecified atom stereocenters. The number of thioether (sulfide) groups is 1. The Hall–Kier alpha value is -2.09. The van der Waals surface area contributed by atoms with Crippen LogP contribution in [0.3, 0.4) is 0 Å². The van der Waals surface area contributed by atoms with Crippen molar-refractivity contribution in [3.8, 4) is 11.4 Å². The number of carbonyl (C=O) groups is 1. The summed E-state index contributed by atoms with van der Waals surface area (Å²) in [6.07, 6.45) is 7.64. The molecule has 1 aromatic carbocycles. The lowest BCUT2D eigenvalue weighted by atomic mass is 10.2. The minimum Gasteiger partial charge on any atom is -0.337 e. The minimum atomic E-state index is -0.160. The molecule has 0 aliphatic heterocycles. The van der Waals surface area contributed by atoms with E-state index < -0.39 is 0 Å². The number of nitrogens with zero attached hydrogens (tertiary/aromatic N) is 4. The van der Waals surface area contributed by atoms with Crippen molar-refractivity contribution in [2.45, 2.75) is 49.8 Å². The maximum atomic E-state index is 12.0. The van der Waals surface area contributed by atoms with Crippen LogP contribution in [0.2, 0.25) is 0 Å². The lowest BCUT2D eigenvalue weighted by Gasteiger charge is -2.10. The van der Waals surface area contributed by atoms with Crippen LogP contribution in [0.15, 0.2) is 24.3 Å². The molecule has 8 heteroatoms. The van der Waals surface area contributed by atoms with Crippen LogP contribution in [0.5, 0.6) is 0 Å². The van der Waals surface area contributed by atoms with Crippen LogP contribution in [-0.2, 0) is 0 Å². The van der Waals surface area contributed by atoms with E-state index in [2.05, 4.69) is 26.2 Å². The van der Waals surface area contributed by atoms with Gasteiger partial charge in [-0.3, -0.25) is 0 Å². The highest BCUT2D eigenvalue weighted by molar-refractivity contribution is 7.99. The van der Waals surface area contributed by atoms with Crippen molar-refractivity contribution in [1.29, 1.82) is 0 Å². The topological polar surface area (TPSA) is 84.7 Å². The standard InChI is InChI=1S/C18H24N6OS/c25-18(19-11-12-26-16-3-1-2-4-16)20-14-7-5-13(6-8-14)17-21-22-23-24(17)15-9-10-15/h5-8,15-16H,1-4,9-12H2,(H2,19,20,25). The van der Waals surface area contributed by atoms with Gasteiger partial charge < -0.3 is 10.6 Å². The molecule has 2 aliphatic carbocycles. The van der Waals surface area contributed by atoms with Crippen molar-refractivity contribution in [2.24, 2.45) is 0 Å². The number of nitrogens with one attached hydrogen (secondary N) is 2. The first-order valence-corrected chi connectivity index (χ1v) is 10.4. The molecule has 2 aromatic rings. The quantitative estimate of drug-likeness (QED) is 0.727. The molecule has 2 fully saturated rings. The third-order valence-corrected chi connectivity index (χ3v) is 6.21. The highest BCUT2D eigenvalue weighted by Gasteiger charge is 2.28. The Morgan fingerprint density at radius 1 is 1.15 bits per heavy atom. The minimum absolute atomic E-state index is 0.160. The fourth-order valence-corrected chi connectivity index (χ4v) is 4.49. The van der Waals surface area contributed by atoms with Crippen molar-refractivity contribution >= 4 is 23.5 Å². The van der Waals surface area contributed by atoms with E-state index >= 15 is 0 Å². The van der Waals surface area contributed by atoms with Gasteiger partial charge in [-0.2, -0.15) is 11.8 Å². The zero-order valence-corrected chi connectivity index (χ0v) is 15.5. The molecule has 1 aromatic heterocycles. The van der Waals surface area contributed by atoms with Gasteiger partial charge in [-0.1, -0.05) is 12.8 Å². The summed E-state index contributed by atoms with van der Waals surface area (Å²) in [5.41, 5.74) is 1.72. The number of tetrazole rings is 1. The number of hydrogen-bond acceptors (Lipinski definition) is 5. The van der Waals surface area contributed by atoms with Gasteiger partial charge >= 0.3 is 6.03 Å². The maximum Gasteiger partial charge on any atom is 0.319 e. The molecule has 0 bridgehead atoms. The predicted molar refractivity (Wildman–Crippen MR) is 103 cm³/mol. The number of benzene rings is 1. The molecule has 2 N–H and O–H groups in total. The molecule has 2 aliphatic rings. The first kappa shape index (κ1) is 17.3. The van der Waals surface area contributed by atoms with Crippen molar-refractivity contribution in [3.63, 3.8) is 0 Å². The lowest BCUT2D eigenvalue weighted by Crippen LogP contribution is -2.30. The smallest absolute Gasteiger partial charge is 0.319 e. The Morgan fingerprint density at radius 2 is 1.92 bits per heavy atom. The van der Waals surface area contributed by atoms with E-state index in [0.29, 0.717) is 12.6 Å². The van der Waals surface area contributed by atoms with Gasteiger partial charge in [-0.25, -0.2) is 9.48 Å². The van der Waals surface area contributed by atoms with E-state index in [1.807, 2.05) is 40.7 Å². The molecule has 0 saturated heterocycles. The largest absolute Gasteiger partial charge is 0.337 e. The molecular weight excluding hydrogens is 348 g/mol. The number of aromatic nitrogens is 4. The second kappa shape index (κ2) is 8.07. The van der Waals surface area contributed by atoms with E-state index in [0.717, 1.165) is 40.9 Å². The number of anilines is 1. The zero-order valence-electron chi connectivity index (χ0n) is 14.7. The van der Waals surface area contributed by atoms with E-state index in [9.17, 15) is 4.79 Å². The highest BCUT2D eigenvalue weighted by Crippen LogP contribution is 2.36. The first-order valence-electron chi connectivity index (χ1n) is 9.34. The average Bonchev–Trinajstić information content (AvgIpc) is 3.16. The van der Waals surface area contributed by atoms with Gasteiger partial charge in [0.2, 0.25) is 0 Å². The number of carbonyl (C=O) groups excluding carboxylic acids is 1. The van der Waals surface area contributed by atoms with Crippen LogP contribution in [-0.4, -0.2) is 43.8 Å². The zero-order chi connectivity index (χ0) is 17.8. The van der Waals surface area contributed by atoms with Gasteiger partial charge in [0.25, 0.3) is 0 Å². The number of urea groups is 1. The van der Waals surface area contributed by atoms with Crippen LogP contribution in [0.25, 0.3) is 11.4 Å². The molecule has 0 spiro atoms. The van der Waals surface area contributed by atoms with Gasteiger partial charge in [0.15, 0.2) is 5.82 Å². The van der Waals surface area contributed by atoms with Crippen molar-refractivity contribution in [2.75, 3.05) is 17.6 Å². The molecule has 2 saturated carbocycles. The summed E-state index contributed by atoms with van der Waals surface area (Å²) >= 11 is 1.98. The second-order valence-corrected chi connectivity index (χ2v) is 8.32. The summed E-state index contributed by atoms with van der Waals surface area (Å²) < 4.78 is 1.89. The fraction of sp³-hybridized carbons (Fsp3) is 0.556. The predicted octanol–water partition coefficient (Wildman–Crippen LogP) is 3.47. The molecule has 26 heavy (non-hydrogen) atoms. The van der Waals surface area contributed by atoms with E-state index in [1.54, 1.807) is 0 Å². The summed E-state index contributed by atoms with van der Waals surface area (Å²) in [5, 5.41) is 18.6. The fourth-order valence-electron chi connectivity index (χ4n) is 3.27. The molecular formula is C18H24N6OS. The third-order valence-electron chi connectivity index (χ3n) is 4.83. The van der Waals surface area contributed by atoms with Crippen LogP contribution in [0.1, 0.15) is 44.6 Å². The van der Waals surface area contributed by atoms with E-state index in [4.69, 9.17) is 0 Å². The van der Waals surface area contributed by atoms with Crippen LogP contribution < -0.4 is 10.6 Å². The number of rotatable bonds is 7. The van der Waals surface area contributed by atoms with E-state index in [-0.39, 0.29) is 6.03 Å². The first-order chi connectivity index (χ1) is 12.8. The van der Waals surface area contributed by atoms with Crippen molar-refractivity contribution in [3.05, 3.63) is 24.3 Å². The van der Waals surface area contributed by atoms with E-state index in [1.165, 1.54) is 25.7 Å². The van der Waals surface area contributed by atoms with Crippen LogP contribution in [0, 0.1) is 0 Å². The van der Waals surface area contributed by atoms with Gasteiger partial charge in [-0.05, 0) is 60.4 Å². The average molecular weight is 372 g/mol.